The maximum absolute atomic E-state index is 11.5. The number of thiophene rings is 2. The minimum Gasteiger partial charge on any atom is -0.480 e. The van der Waals surface area contributed by atoms with Crippen LogP contribution in [0.15, 0.2) is 23.6 Å². The van der Waals surface area contributed by atoms with Gasteiger partial charge in [-0.2, -0.15) is 0 Å². The second-order valence-corrected chi connectivity index (χ2v) is 7.94. The third kappa shape index (κ3) is 2.88. The van der Waals surface area contributed by atoms with Crippen LogP contribution in [0.4, 0.5) is 0 Å². The van der Waals surface area contributed by atoms with E-state index in [2.05, 4.69) is 23.3 Å². The second-order valence-electron chi connectivity index (χ2n) is 5.25. The summed E-state index contributed by atoms with van der Waals surface area (Å²) < 4.78 is 0.746. The highest BCUT2D eigenvalue weighted by Crippen LogP contribution is 2.41. The number of carbonyl (C=O) groups is 1. The summed E-state index contributed by atoms with van der Waals surface area (Å²) in [4.78, 5) is 16.0. The molecular weight excluding hydrogens is 326 g/mol. The predicted molar refractivity (Wildman–Crippen MR) is 87.6 cm³/mol. The fourth-order valence-corrected chi connectivity index (χ4v) is 5.28. The Labute approximate surface area is 136 Å². The van der Waals surface area contributed by atoms with Gasteiger partial charge < -0.3 is 5.11 Å². The van der Waals surface area contributed by atoms with Crippen LogP contribution >= 0.6 is 34.3 Å². The van der Waals surface area contributed by atoms with Crippen LogP contribution in [-0.4, -0.2) is 28.6 Å². The topological polar surface area (TPSA) is 40.5 Å². The molecule has 2 atom stereocenters. The summed E-state index contributed by atoms with van der Waals surface area (Å²) in [6.45, 7) is 2.90. The van der Waals surface area contributed by atoms with Crippen LogP contribution in [0.1, 0.15) is 34.2 Å². The molecule has 0 aromatic carbocycles. The molecule has 1 N–H and O–H groups in total. The van der Waals surface area contributed by atoms with Gasteiger partial charge in [0.05, 0.1) is 10.4 Å². The van der Waals surface area contributed by atoms with Crippen LogP contribution in [0.2, 0.25) is 4.34 Å². The molecule has 112 valence electrons. The Morgan fingerprint density at radius 2 is 2.29 bits per heavy atom. The number of likely N-dealkylation sites (tertiary alicyclic amines) is 1. The third-order valence-electron chi connectivity index (χ3n) is 3.92. The zero-order valence-corrected chi connectivity index (χ0v) is 14.0. The van der Waals surface area contributed by atoms with Crippen molar-refractivity contribution in [2.45, 2.75) is 31.8 Å². The molecule has 3 nitrogen and oxygen atoms in total. The predicted octanol–water partition coefficient (Wildman–Crippen LogP) is 4.41. The normalized spacial score (nSPS) is 20.8. The number of carboxylic acids is 1. The first-order valence-corrected chi connectivity index (χ1v) is 8.93. The first-order chi connectivity index (χ1) is 10.1. The molecule has 1 aliphatic rings. The maximum Gasteiger partial charge on any atom is 0.320 e. The van der Waals surface area contributed by atoms with Crippen molar-refractivity contribution in [2.24, 2.45) is 0 Å². The number of nitrogens with zero attached hydrogens (tertiary/aromatic N) is 1. The van der Waals surface area contributed by atoms with E-state index in [1.54, 1.807) is 22.7 Å². The number of rotatable bonds is 4. The van der Waals surface area contributed by atoms with Crippen molar-refractivity contribution >= 4 is 40.2 Å². The lowest BCUT2D eigenvalue weighted by Gasteiger charge is -2.30. The van der Waals surface area contributed by atoms with Gasteiger partial charge in [0.15, 0.2) is 0 Å². The molecule has 2 unspecified atom stereocenters. The van der Waals surface area contributed by atoms with Gasteiger partial charge in [-0.3, -0.25) is 9.69 Å². The Kier molecular flexibility index (Phi) is 4.36. The van der Waals surface area contributed by atoms with Crippen molar-refractivity contribution in [1.82, 2.24) is 4.90 Å². The second kappa shape index (κ2) is 6.08. The summed E-state index contributed by atoms with van der Waals surface area (Å²) in [7, 11) is 0. The number of hydrogen-bond donors (Lipinski definition) is 1. The van der Waals surface area contributed by atoms with Crippen LogP contribution in [0.25, 0.3) is 0 Å². The number of hydrogen-bond acceptors (Lipinski definition) is 4. The van der Waals surface area contributed by atoms with E-state index < -0.39 is 12.0 Å². The molecule has 6 heteroatoms. The van der Waals surface area contributed by atoms with Gasteiger partial charge in [-0.25, -0.2) is 0 Å². The summed E-state index contributed by atoms with van der Waals surface area (Å²) in [6.07, 6.45) is 1.65. The highest BCUT2D eigenvalue weighted by atomic mass is 35.5. The van der Waals surface area contributed by atoms with Gasteiger partial charge >= 0.3 is 5.97 Å². The van der Waals surface area contributed by atoms with Crippen molar-refractivity contribution < 1.29 is 9.90 Å². The molecule has 1 fully saturated rings. The number of aliphatic carboxylic acids is 1. The summed E-state index contributed by atoms with van der Waals surface area (Å²) in [6, 6.07) is 5.61. The van der Waals surface area contributed by atoms with Crippen LogP contribution in [-0.2, 0) is 4.79 Å². The molecule has 21 heavy (non-hydrogen) atoms. The summed E-state index contributed by atoms with van der Waals surface area (Å²) in [5, 5.41) is 11.6. The average Bonchev–Trinajstić information content (AvgIpc) is 3.13. The van der Waals surface area contributed by atoms with Crippen LogP contribution < -0.4 is 0 Å². The largest absolute Gasteiger partial charge is 0.480 e. The SMILES string of the molecule is Cc1ccsc1C(c1ccc(Cl)s1)N1CCCC1C(=O)O. The third-order valence-corrected chi connectivity index (χ3v) is 6.28. The Hall–Kier alpha value is -0.880. The smallest absolute Gasteiger partial charge is 0.320 e. The number of aryl methyl sites for hydroxylation is 1. The Morgan fingerprint density at radius 3 is 2.86 bits per heavy atom. The van der Waals surface area contributed by atoms with Crippen molar-refractivity contribution in [3.8, 4) is 0 Å². The minimum absolute atomic E-state index is 0.00565. The van der Waals surface area contributed by atoms with E-state index in [-0.39, 0.29) is 6.04 Å². The first-order valence-electron chi connectivity index (χ1n) is 6.85. The van der Waals surface area contributed by atoms with Crippen molar-refractivity contribution in [2.75, 3.05) is 6.54 Å². The van der Waals surface area contributed by atoms with E-state index in [9.17, 15) is 9.90 Å². The Morgan fingerprint density at radius 1 is 1.48 bits per heavy atom. The van der Waals surface area contributed by atoms with Gasteiger partial charge in [-0.15, -0.1) is 22.7 Å². The van der Waals surface area contributed by atoms with E-state index in [1.807, 2.05) is 12.1 Å². The molecule has 2 aromatic heterocycles. The molecule has 0 bridgehead atoms. The summed E-state index contributed by atoms with van der Waals surface area (Å²) >= 11 is 9.33. The minimum atomic E-state index is -0.727. The molecule has 1 saturated heterocycles. The molecule has 2 aromatic rings. The van der Waals surface area contributed by atoms with Gasteiger partial charge in [0, 0.05) is 16.3 Å². The lowest BCUT2D eigenvalue weighted by Crippen LogP contribution is -2.38. The first kappa shape index (κ1) is 15.0. The number of halogens is 1. The van der Waals surface area contributed by atoms with Gasteiger partial charge in [0.25, 0.3) is 0 Å². The standard InChI is InChI=1S/C15H16ClNO2S2/c1-9-6-8-20-14(9)13(11-4-5-12(16)21-11)17-7-2-3-10(17)15(18)19/h4-6,8,10,13H,2-3,7H2,1H3,(H,18,19). The van der Waals surface area contributed by atoms with Crippen molar-refractivity contribution in [1.29, 1.82) is 0 Å². The van der Waals surface area contributed by atoms with E-state index >= 15 is 0 Å². The lowest BCUT2D eigenvalue weighted by atomic mass is 10.1. The zero-order chi connectivity index (χ0) is 15.0. The van der Waals surface area contributed by atoms with Gasteiger partial charge in [-0.05, 0) is 48.9 Å². The van der Waals surface area contributed by atoms with Gasteiger partial charge in [0.1, 0.15) is 6.04 Å². The van der Waals surface area contributed by atoms with E-state index in [0.29, 0.717) is 0 Å². The number of carboxylic acid groups (broad SMARTS) is 1. The van der Waals surface area contributed by atoms with Crippen LogP contribution in [0, 0.1) is 6.92 Å². The fraction of sp³-hybridized carbons (Fsp3) is 0.400. The Bertz CT molecular complexity index is 652. The molecule has 0 saturated carbocycles. The van der Waals surface area contributed by atoms with Crippen LogP contribution in [0.3, 0.4) is 0 Å². The average molecular weight is 342 g/mol. The molecule has 3 rings (SSSR count). The van der Waals surface area contributed by atoms with Gasteiger partial charge in [-0.1, -0.05) is 11.6 Å². The zero-order valence-electron chi connectivity index (χ0n) is 11.6. The van der Waals surface area contributed by atoms with Crippen LogP contribution in [0.5, 0.6) is 0 Å². The molecule has 0 radical (unpaired) electrons. The van der Waals surface area contributed by atoms with E-state index in [0.717, 1.165) is 28.6 Å². The quantitative estimate of drug-likeness (QED) is 0.895. The monoisotopic (exact) mass is 341 g/mol. The summed E-state index contributed by atoms with van der Waals surface area (Å²) in [5.74, 6) is -0.727. The van der Waals surface area contributed by atoms with E-state index in [1.165, 1.54) is 10.4 Å². The van der Waals surface area contributed by atoms with Crippen molar-refractivity contribution in [3.05, 3.63) is 43.2 Å². The fourth-order valence-electron chi connectivity index (χ4n) is 2.95. The molecule has 1 aliphatic heterocycles. The van der Waals surface area contributed by atoms with E-state index in [4.69, 9.17) is 11.6 Å². The molecule has 3 heterocycles. The van der Waals surface area contributed by atoms with Crippen molar-refractivity contribution in [3.63, 3.8) is 0 Å². The maximum atomic E-state index is 11.5. The molecule has 0 aliphatic carbocycles. The highest BCUT2D eigenvalue weighted by Gasteiger charge is 2.38. The Balaban J connectivity index is 2.04. The van der Waals surface area contributed by atoms with Gasteiger partial charge in [0.2, 0.25) is 0 Å². The highest BCUT2D eigenvalue weighted by molar-refractivity contribution is 7.16. The molecule has 0 amide bonds. The molecule has 0 spiro atoms. The lowest BCUT2D eigenvalue weighted by molar-refractivity contribution is -0.142. The summed E-state index contributed by atoms with van der Waals surface area (Å²) in [5.41, 5.74) is 1.21. The molecular formula is C15H16ClNO2S2.